The first-order chi connectivity index (χ1) is 14.8. The van der Waals surface area contributed by atoms with E-state index in [1.54, 1.807) is 25.1 Å². The van der Waals surface area contributed by atoms with Gasteiger partial charge in [-0.25, -0.2) is 4.79 Å². The predicted molar refractivity (Wildman–Crippen MR) is 109 cm³/mol. The number of aliphatic hydroxyl groups is 4. The van der Waals surface area contributed by atoms with Crippen molar-refractivity contribution >= 4 is 22.8 Å². The molecule has 1 aromatic carbocycles. The van der Waals surface area contributed by atoms with Crippen molar-refractivity contribution in [2.45, 2.75) is 56.8 Å². The average Bonchev–Trinajstić information content (AvgIpc) is 3.10. The van der Waals surface area contributed by atoms with Gasteiger partial charge in [0.05, 0.1) is 18.9 Å². The molecule has 1 fully saturated rings. The Morgan fingerprint density at radius 2 is 1.90 bits per heavy atom. The van der Waals surface area contributed by atoms with Crippen LogP contribution < -0.4 is 5.32 Å². The summed E-state index contributed by atoms with van der Waals surface area (Å²) >= 11 is 0. The maximum Gasteiger partial charge on any atom is 0.328 e. The number of benzene rings is 1. The minimum atomic E-state index is -1.55. The molecule has 1 amide bonds. The number of hydrogen-bond acceptors (Lipinski definition) is 8. The molecule has 0 spiro atoms. The number of aliphatic hydroxyl groups excluding tert-OH is 4. The maximum atomic E-state index is 12.5. The Morgan fingerprint density at radius 3 is 2.55 bits per heavy atom. The highest BCUT2D eigenvalue weighted by molar-refractivity contribution is 5.88. The predicted octanol–water partition coefficient (Wildman–Crippen LogP) is -0.707. The second-order valence-electron chi connectivity index (χ2n) is 7.52. The van der Waals surface area contributed by atoms with Gasteiger partial charge in [-0.3, -0.25) is 4.79 Å². The van der Waals surface area contributed by atoms with Crippen LogP contribution in [0.5, 0.6) is 0 Å². The van der Waals surface area contributed by atoms with Crippen LogP contribution in [0, 0.1) is 0 Å². The fourth-order valence-electron chi connectivity index (χ4n) is 3.91. The summed E-state index contributed by atoms with van der Waals surface area (Å²) in [4.78, 5) is 27.3. The molecule has 10 nitrogen and oxygen atoms in total. The third-order valence-electron chi connectivity index (χ3n) is 5.38. The topological polar surface area (TPSA) is 161 Å². The number of carbonyl (C=O) groups is 2. The van der Waals surface area contributed by atoms with E-state index in [2.05, 4.69) is 10.3 Å². The summed E-state index contributed by atoms with van der Waals surface area (Å²) in [6.45, 7) is 2.53. The van der Waals surface area contributed by atoms with E-state index >= 15 is 0 Å². The van der Waals surface area contributed by atoms with Crippen LogP contribution in [-0.4, -0.2) is 81.0 Å². The summed E-state index contributed by atoms with van der Waals surface area (Å²) < 4.78 is 10.8. The van der Waals surface area contributed by atoms with E-state index in [1.807, 2.05) is 6.07 Å². The van der Waals surface area contributed by atoms with E-state index in [0.717, 1.165) is 5.39 Å². The number of esters is 1. The first-order valence-corrected chi connectivity index (χ1v) is 10.1. The first kappa shape index (κ1) is 23.2. The average molecular weight is 436 g/mol. The number of amides is 1. The van der Waals surface area contributed by atoms with Crippen molar-refractivity contribution in [1.82, 2.24) is 10.3 Å². The molecule has 2 heterocycles. The number of ether oxygens (including phenoxy) is 2. The van der Waals surface area contributed by atoms with Gasteiger partial charge in [0, 0.05) is 24.2 Å². The zero-order valence-corrected chi connectivity index (χ0v) is 17.3. The van der Waals surface area contributed by atoms with E-state index < -0.39 is 55.0 Å². The van der Waals surface area contributed by atoms with Crippen molar-refractivity contribution in [2.75, 3.05) is 13.2 Å². The van der Waals surface area contributed by atoms with Gasteiger partial charge in [-0.15, -0.1) is 0 Å². The molecular formula is C21H28N2O8. The van der Waals surface area contributed by atoms with E-state index in [4.69, 9.17) is 9.47 Å². The molecule has 6 atom stereocenters. The highest BCUT2D eigenvalue weighted by Crippen LogP contribution is 2.37. The number of H-pyrrole nitrogens is 1. The fraction of sp³-hybridized carbons (Fsp3) is 0.524. The second-order valence-corrected chi connectivity index (χ2v) is 7.52. The van der Waals surface area contributed by atoms with Gasteiger partial charge in [0.25, 0.3) is 0 Å². The largest absolute Gasteiger partial charge is 0.464 e. The lowest BCUT2D eigenvalue weighted by Crippen LogP contribution is -2.55. The molecule has 0 bridgehead atoms. The van der Waals surface area contributed by atoms with Crippen LogP contribution in [-0.2, 0) is 25.5 Å². The summed E-state index contributed by atoms with van der Waals surface area (Å²) in [5.74, 6) is -1.02. The Hall–Kier alpha value is -2.50. The van der Waals surface area contributed by atoms with Gasteiger partial charge in [-0.05, 0) is 18.6 Å². The lowest BCUT2D eigenvalue weighted by molar-refractivity contribution is -0.232. The van der Waals surface area contributed by atoms with Gasteiger partial charge >= 0.3 is 5.97 Å². The number of para-hydroxylation sites is 1. The van der Waals surface area contributed by atoms with Crippen LogP contribution >= 0.6 is 0 Å². The molecule has 1 aliphatic heterocycles. The number of fused-ring (bicyclic) bond motifs is 1. The van der Waals surface area contributed by atoms with Crippen molar-refractivity contribution in [3.63, 3.8) is 0 Å². The lowest BCUT2D eigenvalue weighted by Gasteiger charge is -2.40. The van der Waals surface area contributed by atoms with Crippen molar-refractivity contribution in [1.29, 1.82) is 0 Å². The number of hydrogen-bond donors (Lipinski definition) is 6. The molecule has 1 saturated heterocycles. The van der Waals surface area contributed by atoms with Gasteiger partial charge < -0.3 is 40.2 Å². The summed E-state index contributed by atoms with van der Waals surface area (Å²) in [7, 11) is 0. The lowest BCUT2D eigenvalue weighted by atomic mass is 9.90. The third kappa shape index (κ3) is 4.73. The van der Waals surface area contributed by atoms with E-state index in [-0.39, 0.29) is 13.0 Å². The molecule has 31 heavy (non-hydrogen) atoms. The fourth-order valence-corrected chi connectivity index (χ4v) is 3.91. The Labute approximate surface area is 178 Å². The van der Waals surface area contributed by atoms with Crippen molar-refractivity contribution in [3.8, 4) is 0 Å². The van der Waals surface area contributed by atoms with Gasteiger partial charge in [0.1, 0.15) is 36.6 Å². The standard InChI is InChI=1S/C21H28N2O8/c1-3-30-21(29)14(22-10(2)25)8-12-11-6-4-5-7-13(11)23-16(12)20-19(28)18(27)17(26)15(9-24)31-20/h4-7,14-15,17-20,23-24,26-28H,3,8-9H2,1-2H3,(H,22,25)/t14?,15-,17-,18+,19+,20-/m1/s1. The number of aromatic amines is 1. The molecular weight excluding hydrogens is 408 g/mol. The molecule has 0 radical (unpaired) electrons. The third-order valence-corrected chi connectivity index (χ3v) is 5.38. The minimum absolute atomic E-state index is 0.0345. The molecule has 6 N–H and O–H groups in total. The van der Waals surface area contributed by atoms with Crippen LogP contribution in [0.4, 0.5) is 0 Å². The molecule has 1 aromatic heterocycles. The van der Waals surface area contributed by atoms with Crippen LogP contribution in [0.15, 0.2) is 24.3 Å². The minimum Gasteiger partial charge on any atom is -0.464 e. The van der Waals surface area contributed by atoms with Gasteiger partial charge in [-0.2, -0.15) is 0 Å². The van der Waals surface area contributed by atoms with Crippen LogP contribution in [0.2, 0.25) is 0 Å². The molecule has 3 rings (SSSR count). The van der Waals surface area contributed by atoms with Gasteiger partial charge in [0.2, 0.25) is 5.91 Å². The van der Waals surface area contributed by atoms with Crippen molar-refractivity contribution in [2.24, 2.45) is 0 Å². The molecule has 1 unspecified atom stereocenters. The Bertz CT molecular complexity index is 927. The SMILES string of the molecule is CCOC(=O)C(Cc1c([C@H]2O[C@H](CO)[C@@H](O)[C@H](O)[C@@H]2O)[nH]c2ccccc12)NC(C)=O. The Balaban J connectivity index is 2.05. The smallest absolute Gasteiger partial charge is 0.328 e. The summed E-state index contributed by atoms with van der Waals surface area (Å²) in [5, 5.41) is 43.7. The molecule has 10 heteroatoms. The quantitative estimate of drug-likeness (QED) is 0.310. The van der Waals surface area contributed by atoms with Crippen LogP contribution in [0.3, 0.4) is 0 Å². The van der Waals surface area contributed by atoms with E-state index in [0.29, 0.717) is 16.8 Å². The number of carbonyl (C=O) groups excluding carboxylic acids is 2. The number of nitrogens with one attached hydrogen (secondary N) is 2. The normalized spacial score (nSPS) is 27.1. The van der Waals surface area contributed by atoms with E-state index in [9.17, 15) is 30.0 Å². The monoisotopic (exact) mass is 436 g/mol. The summed E-state index contributed by atoms with van der Waals surface area (Å²) in [6, 6.07) is 6.22. The van der Waals surface area contributed by atoms with Crippen molar-refractivity contribution < 1.29 is 39.5 Å². The summed E-state index contributed by atoms with van der Waals surface area (Å²) in [5.41, 5.74) is 1.64. The zero-order valence-electron chi connectivity index (χ0n) is 17.3. The molecule has 2 aromatic rings. The zero-order chi connectivity index (χ0) is 22.7. The van der Waals surface area contributed by atoms with E-state index in [1.165, 1.54) is 6.92 Å². The maximum absolute atomic E-state index is 12.5. The van der Waals surface area contributed by atoms with Crippen LogP contribution in [0.1, 0.15) is 31.2 Å². The highest BCUT2D eigenvalue weighted by Gasteiger charge is 2.45. The second kappa shape index (κ2) is 9.75. The van der Waals surface area contributed by atoms with Crippen molar-refractivity contribution in [3.05, 3.63) is 35.5 Å². The molecule has 1 aliphatic rings. The molecule has 170 valence electrons. The number of aromatic nitrogens is 1. The highest BCUT2D eigenvalue weighted by atomic mass is 16.5. The molecule has 0 aliphatic carbocycles. The summed E-state index contributed by atoms with van der Waals surface area (Å²) in [6.07, 6.45) is -6.70. The van der Waals surface area contributed by atoms with Gasteiger partial charge in [-0.1, -0.05) is 18.2 Å². The number of rotatable bonds is 7. The Morgan fingerprint density at radius 1 is 1.19 bits per heavy atom. The molecule has 0 saturated carbocycles. The van der Waals surface area contributed by atoms with Gasteiger partial charge in [0.15, 0.2) is 0 Å². The van der Waals surface area contributed by atoms with Crippen LogP contribution in [0.25, 0.3) is 10.9 Å². The first-order valence-electron chi connectivity index (χ1n) is 10.1. The Kier molecular flexibility index (Phi) is 7.29.